The van der Waals surface area contributed by atoms with E-state index in [1.807, 2.05) is 0 Å². The second kappa shape index (κ2) is 11.8. The predicted octanol–water partition coefficient (Wildman–Crippen LogP) is 4.01. The first-order chi connectivity index (χ1) is 8.18. The van der Waals surface area contributed by atoms with Crippen molar-refractivity contribution in [2.45, 2.75) is 64.2 Å². The standard InChI is InChI=1S/3C4H9O.CH3.Sn/c3*1-2-3-4-5;;/h3*2-4H2,1H3;1H3;/q3*-1;;+3. The minimum atomic E-state index is -3.14. The van der Waals surface area contributed by atoms with Crippen LogP contribution in [0.25, 0.3) is 0 Å². The van der Waals surface area contributed by atoms with E-state index in [1.54, 1.807) is 0 Å². The average molecular weight is 353 g/mol. The van der Waals surface area contributed by atoms with E-state index in [1.165, 1.54) is 0 Å². The van der Waals surface area contributed by atoms with Crippen LogP contribution in [0.2, 0.25) is 4.94 Å². The molecule has 3 nitrogen and oxygen atoms in total. The van der Waals surface area contributed by atoms with Gasteiger partial charge in [-0.05, 0) is 0 Å². The van der Waals surface area contributed by atoms with Crippen LogP contribution in [-0.2, 0) is 9.22 Å². The average Bonchev–Trinajstić information content (AvgIpc) is 2.30. The van der Waals surface area contributed by atoms with Crippen LogP contribution in [0.4, 0.5) is 0 Å². The summed E-state index contributed by atoms with van der Waals surface area (Å²) >= 11 is -3.14. The van der Waals surface area contributed by atoms with Gasteiger partial charge in [0, 0.05) is 0 Å². The molecule has 0 aromatic carbocycles. The topological polar surface area (TPSA) is 27.7 Å². The summed E-state index contributed by atoms with van der Waals surface area (Å²) in [6, 6.07) is 0. The van der Waals surface area contributed by atoms with Gasteiger partial charge in [-0.15, -0.1) is 0 Å². The van der Waals surface area contributed by atoms with Gasteiger partial charge in [-0.25, -0.2) is 0 Å². The molecule has 0 atom stereocenters. The maximum absolute atomic E-state index is 5.93. The van der Waals surface area contributed by atoms with Crippen LogP contribution in [0.3, 0.4) is 0 Å². The quantitative estimate of drug-likeness (QED) is 0.392. The van der Waals surface area contributed by atoms with Crippen molar-refractivity contribution in [2.24, 2.45) is 0 Å². The van der Waals surface area contributed by atoms with Crippen molar-refractivity contribution in [2.75, 3.05) is 19.8 Å². The van der Waals surface area contributed by atoms with Crippen LogP contribution in [-0.4, -0.2) is 39.4 Å². The van der Waals surface area contributed by atoms with Gasteiger partial charge in [0.1, 0.15) is 0 Å². The molecule has 104 valence electrons. The molecule has 0 radical (unpaired) electrons. The number of unbranched alkanes of at least 4 members (excludes halogenated alkanes) is 3. The van der Waals surface area contributed by atoms with Gasteiger partial charge in [0.2, 0.25) is 0 Å². The Bertz CT molecular complexity index is 138. The fourth-order valence-electron chi connectivity index (χ4n) is 1.33. The van der Waals surface area contributed by atoms with E-state index in [2.05, 4.69) is 25.7 Å². The molecule has 0 rings (SSSR count). The Kier molecular flexibility index (Phi) is 12.2. The molecule has 17 heavy (non-hydrogen) atoms. The summed E-state index contributed by atoms with van der Waals surface area (Å²) in [4.78, 5) is 2.09. The third kappa shape index (κ3) is 10.3. The molecule has 0 aliphatic carbocycles. The molecule has 0 saturated heterocycles. The van der Waals surface area contributed by atoms with Crippen LogP contribution < -0.4 is 0 Å². The van der Waals surface area contributed by atoms with E-state index in [9.17, 15) is 0 Å². The van der Waals surface area contributed by atoms with Crippen molar-refractivity contribution in [3.8, 4) is 0 Å². The molecule has 4 heteroatoms. The molecule has 0 fully saturated rings. The van der Waals surface area contributed by atoms with E-state index >= 15 is 0 Å². The SMILES string of the molecule is CCCC[O][Sn]([CH3])([O]CCCC)[O]CCCC. The van der Waals surface area contributed by atoms with Crippen LogP contribution in [0.5, 0.6) is 0 Å². The van der Waals surface area contributed by atoms with Crippen molar-refractivity contribution in [1.29, 1.82) is 0 Å². The molecule has 0 N–H and O–H groups in total. The first-order valence-corrected chi connectivity index (χ1v) is 13.4. The molecule has 0 saturated carbocycles. The number of hydrogen-bond acceptors (Lipinski definition) is 3. The summed E-state index contributed by atoms with van der Waals surface area (Å²) in [7, 11) is 0. The maximum atomic E-state index is 5.93. The van der Waals surface area contributed by atoms with Crippen LogP contribution in [0, 0.1) is 0 Å². The Hall–Kier alpha value is 0.679. The van der Waals surface area contributed by atoms with E-state index in [0.29, 0.717) is 0 Å². The third-order valence-electron chi connectivity index (χ3n) is 2.59. The monoisotopic (exact) mass is 354 g/mol. The van der Waals surface area contributed by atoms with Gasteiger partial charge in [-0.1, -0.05) is 0 Å². The molecule has 0 aromatic rings. The zero-order valence-corrected chi connectivity index (χ0v) is 14.9. The second-order valence-electron chi connectivity index (χ2n) is 4.47. The minimum absolute atomic E-state index is 0.793. The number of rotatable bonds is 12. The van der Waals surface area contributed by atoms with Crippen molar-refractivity contribution >= 4 is 19.6 Å². The van der Waals surface area contributed by atoms with Crippen LogP contribution >= 0.6 is 0 Å². The van der Waals surface area contributed by atoms with Crippen molar-refractivity contribution in [3.05, 3.63) is 0 Å². The van der Waals surface area contributed by atoms with Crippen molar-refractivity contribution in [3.63, 3.8) is 0 Å². The third-order valence-corrected chi connectivity index (χ3v) is 8.82. The Balaban J connectivity index is 3.95. The van der Waals surface area contributed by atoms with Gasteiger partial charge < -0.3 is 0 Å². The molecule has 0 aliphatic rings. The second-order valence-corrected chi connectivity index (χ2v) is 11.9. The van der Waals surface area contributed by atoms with Crippen LogP contribution in [0.15, 0.2) is 0 Å². The van der Waals surface area contributed by atoms with Gasteiger partial charge in [-0.2, -0.15) is 0 Å². The summed E-state index contributed by atoms with van der Waals surface area (Å²) in [6.07, 6.45) is 6.77. The summed E-state index contributed by atoms with van der Waals surface area (Å²) in [5.74, 6) is 0. The molecule has 0 spiro atoms. The summed E-state index contributed by atoms with van der Waals surface area (Å²) in [5.41, 5.74) is 0. The van der Waals surface area contributed by atoms with Gasteiger partial charge in [0.25, 0.3) is 0 Å². The Labute approximate surface area is 113 Å². The van der Waals surface area contributed by atoms with Crippen LogP contribution in [0.1, 0.15) is 59.3 Å². The molecule has 0 unspecified atom stereocenters. The summed E-state index contributed by atoms with van der Waals surface area (Å²) in [5, 5.41) is 0. The van der Waals surface area contributed by atoms with Gasteiger partial charge in [0.05, 0.1) is 0 Å². The van der Waals surface area contributed by atoms with E-state index in [4.69, 9.17) is 9.22 Å². The number of hydrogen-bond donors (Lipinski definition) is 0. The Morgan fingerprint density at radius 3 is 1.18 bits per heavy atom. The molecule has 0 amide bonds. The molecular weight excluding hydrogens is 323 g/mol. The van der Waals surface area contributed by atoms with Gasteiger partial charge >= 0.3 is 113 Å². The predicted molar refractivity (Wildman–Crippen MR) is 74.2 cm³/mol. The summed E-state index contributed by atoms with van der Waals surface area (Å²) in [6.45, 7) is 8.90. The van der Waals surface area contributed by atoms with Crippen molar-refractivity contribution < 1.29 is 9.22 Å². The molecule has 0 aliphatic heterocycles. The first-order valence-electron chi connectivity index (χ1n) is 7.10. The van der Waals surface area contributed by atoms with Gasteiger partial charge in [-0.3, -0.25) is 0 Å². The Morgan fingerprint density at radius 1 is 0.647 bits per heavy atom. The normalized spacial score (nSPS) is 12.0. The molecule has 0 bridgehead atoms. The zero-order valence-electron chi connectivity index (χ0n) is 12.1. The first kappa shape index (κ1) is 17.7. The Morgan fingerprint density at radius 2 is 0.941 bits per heavy atom. The van der Waals surface area contributed by atoms with E-state index in [0.717, 1.165) is 58.3 Å². The van der Waals surface area contributed by atoms with Crippen molar-refractivity contribution in [1.82, 2.24) is 0 Å². The molecule has 0 heterocycles. The summed E-state index contributed by atoms with van der Waals surface area (Å²) < 4.78 is 17.8. The fourth-order valence-corrected chi connectivity index (χ4v) is 6.45. The molecular formula is C13H30O3Sn. The van der Waals surface area contributed by atoms with E-state index < -0.39 is 19.6 Å². The fraction of sp³-hybridized carbons (Fsp3) is 1.00. The zero-order chi connectivity index (χ0) is 13.0. The molecule has 0 aromatic heterocycles. The van der Waals surface area contributed by atoms with E-state index in [-0.39, 0.29) is 0 Å². The van der Waals surface area contributed by atoms with Gasteiger partial charge in [0.15, 0.2) is 0 Å².